The largest absolute Gasteiger partial charge is 0.481 e. The molecule has 2 rings (SSSR count). The molecule has 0 fully saturated rings. The molecule has 0 aliphatic rings. The summed E-state index contributed by atoms with van der Waals surface area (Å²) in [7, 11) is 0. The van der Waals surface area contributed by atoms with Crippen molar-refractivity contribution >= 4 is 17.5 Å². The number of carbonyl (C=O) groups excluding carboxylic acids is 2. The Morgan fingerprint density at radius 1 is 1.12 bits per heavy atom. The quantitative estimate of drug-likeness (QED) is 0.844. The Kier molecular flexibility index (Phi) is 6.05. The lowest BCUT2D eigenvalue weighted by Gasteiger charge is -2.15. The Bertz CT molecular complexity index is 781. The first-order valence-electron chi connectivity index (χ1n) is 7.61. The summed E-state index contributed by atoms with van der Waals surface area (Å²) in [5, 5.41) is 4.78. The van der Waals surface area contributed by atoms with Gasteiger partial charge in [-0.15, -0.1) is 0 Å². The third-order valence-electron chi connectivity index (χ3n) is 3.30. The maximum atomic E-state index is 13.1. The van der Waals surface area contributed by atoms with Gasteiger partial charge < -0.3 is 15.4 Å². The summed E-state index contributed by atoms with van der Waals surface area (Å²) in [6.07, 6.45) is -0.794. The molecular formula is C18H18F2N2O3. The molecule has 7 heteroatoms. The number of anilines is 1. The predicted octanol–water partition coefficient (Wildman–Crippen LogP) is 2.80. The summed E-state index contributed by atoms with van der Waals surface area (Å²) in [6.45, 7) is 3.14. The smallest absolute Gasteiger partial charge is 0.261 e. The van der Waals surface area contributed by atoms with E-state index in [2.05, 4.69) is 10.6 Å². The molecule has 25 heavy (non-hydrogen) atoms. The Balaban J connectivity index is 1.82. The molecule has 2 N–H and O–H groups in total. The number of amides is 2. The van der Waals surface area contributed by atoms with Gasteiger partial charge in [0.25, 0.3) is 5.91 Å². The van der Waals surface area contributed by atoms with E-state index in [9.17, 15) is 18.4 Å². The maximum absolute atomic E-state index is 13.1. The van der Waals surface area contributed by atoms with Gasteiger partial charge in [0.2, 0.25) is 5.91 Å². The zero-order chi connectivity index (χ0) is 18.4. The Morgan fingerprint density at radius 2 is 1.88 bits per heavy atom. The van der Waals surface area contributed by atoms with E-state index in [-0.39, 0.29) is 12.2 Å². The molecule has 2 amide bonds. The minimum Gasteiger partial charge on any atom is -0.481 e. The molecule has 2 aromatic carbocycles. The molecule has 5 nitrogen and oxygen atoms in total. The van der Waals surface area contributed by atoms with Crippen molar-refractivity contribution < 1.29 is 23.1 Å². The molecule has 0 heterocycles. The average molecular weight is 348 g/mol. The highest BCUT2D eigenvalue weighted by Crippen LogP contribution is 2.14. The van der Waals surface area contributed by atoms with E-state index in [1.165, 1.54) is 6.07 Å². The van der Waals surface area contributed by atoms with Crippen LogP contribution in [0.5, 0.6) is 5.75 Å². The molecule has 0 unspecified atom stereocenters. The maximum Gasteiger partial charge on any atom is 0.261 e. The molecule has 0 radical (unpaired) electrons. The van der Waals surface area contributed by atoms with E-state index in [4.69, 9.17) is 4.74 Å². The normalized spacial score (nSPS) is 11.5. The first-order valence-corrected chi connectivity index (χ1v) is 7.61. The number of rotatable bonds is 6. The standard InChI is InChI=1S/C18H18F2N2O3/c1-11-4-3-5-14(8-11)25-12(2)18(24)21-10-17(23)22-13-6-7-15(19)16(20)9-13/h3-9,12H,10H2,1-2H3,(H,21,24)(H,22,23)/t12-/m0/s1. The topological polar surface area (TPSA) is 67.4 Å². The zero-order valence-electron chi connectivity index (χ0n) is 13.8. The monoisotopic (exact) mass is 348 g/mol. The fourth-order valence-corrected chi connectivity index (χ4v) is 2.04. The van der Waals surface area contributed by atoms with Gasteiger partial charge in [0, 0.05) is 11.8 Å². The molecule has 0 bridgehead atoms. The molecule has 0 saturated carbocycles. The minimum absolute atomic E-state index is 0.0993. The van der Waals surface area contributed by atoms with Gasteiger partial charge in [-0.25, -0.2) is 8.78 Å². The summed E-state index contributed by atoms with van der Waals surface area (Å²) < 4.78 is 31.4. The van der Waals surface area contributed by atoms with Crippen LogP contribution < -0.4 is 15.4 Å². The number of hydrogen-bond acceptors (Lipinski definition) is 3. The van der Waals surface area contributed by atoms with Crippen LogP contribution in [0, 0.1) is 18.6 Å². The van der Waals surface area contributed by atoms with E-state index in [0.29, 0.717) is 5.75 Å². The van der Waals surface area contributed by atoms with Gasteiger partial charge in [-0.05, 0) is 43.7 Å². The van der Waals surface area contributed by atoms with Crippen molar-refractivity contribution in [2.24, 2.45) is 0 Å². The van der Waals surface area contributed by atoms with Gasteiger partial charge in [0.05, 0.1) is 6.54 Å². The number of ether oxygens (including phenoxy) is 1. The molecule has 0 aliphatic carbocycles. The summed E-state index contributed by atoms with van der Waals surface area (Å²) >= 11 is 0. The van der Waals surface area contributed by atoms with Crippen LogP contribution in [0.25, 0.3) is 0 Å². The number of carbonyl (C=O) groups is 2. The van der Waals surface area contributed by atoms with E-state index >= 15 is 0 Å². The molecule has 0 saturated heterocycles. The van der Waals surface area contributed by atoms with Gasteiger partial charge in [0.15, 0.2) is 17.7 Å². The first kappa shape index (κ1) is 18.4. The SMILES string of the molecule is Cc1cccc(O[C@@H](C)C(=O)NCC(=O)Nc2ccc(F)c(F)c2)c1. The number of hydrogen-bond donors (Lipinski definition) is 2. The zero-order valence-corrected chi connectivity index (χ0v) is 13.8. The number of aryl methyl sites for hydroxylation is 1. The Labute approximate surface area is 144 Å². The first-order chi connectivity index (χ1) is 11.8. The molecule has 0 aliphatic heterocycles. The van der Waals surface area contributed by atoms with Crippen molar-refractivity contribution in [3.63, 3.8) is 0 Å². The second-order valence-corrected chi connectivity index (χ2v) is 5.47. The van der Waals surface area contributed by atoms with Crippen LogP contribution in [0.4, 0.5) is 14.5 Å². The van der Waals surface area contributed by atoms with Crippen LogP contribution in [-0.4, -0.2) is 24.5 Å². The predicted molar refractivity (Wildman–Crippen MR) is 89.3 cm³/mol. The molecule has 0 spiro atoms. The Hall–Kier alpha value is -2.96. The van der Waals surface area contributed by atoms with Gasteiger partial charge in [-0.2, -0.15) is 0 Å². The van der Waals surface area contributed by atoms with Crippen molar-refractivity contribution in [3.05, 3.63) is 59.7 Å². The van der Waals surface area contributed by atoms with Gasteiger partial charge in [0.1, 0.15) is 5.75 Å². The van der Waals surface area contributed by atoms with Crippen molar-refractivity contribution in [1.29, 1.82) is 0 Å². The van der Waals surface area contributed by atoms with Crippen LogP contribution in [0.2, 0.25) is 0 Å². The van der Waals surface area contributed by atoms with Crippen LogP contribution in [0.3, 0.4) is 0 Å². The van der Waals surface area contributed by atoms with Crippen LogP contribution in [-0.2, 0) is 9.59 Å². The highest BCUT2D eigenvalue weighted by molar-refractivity contribution is 5.95. The molecular weight excluding hydrogens is 330 g/mol. The van der Waals surface area contributed by atoms with Crippen LogP contribution in [0.1, 0.15) is 12.5 Å². The van der Waals surface area contributed by atoms with E-state index in [1.807, 2.05) is 19.1 Å². The van der Waals surface area contributed by atoms with E-state index in [1.54, 1.807) is 19.1 Å². The summed E-state index contributed by atoms with van der Waals surface area (Å²) in [4.78, 5) is 23.7. The van der Waals surface area contributed by atoms with Crippen molar-refractivity contribution in [2.45, 2.75) is 20.0 Å². The summed E-state index contributed by atoms with van der Waals surface area (Å²) in [5.74, 6) is -2.56. The number of nitrogens with one attached hydrogen (secondary N) is 2. The van der Waals surface area contributed by atoms with Crippen molar-refractivity contribution in [1.82, 2.24) is 5.32 Å². The fraction of sp³-hybridized carbons (Fsp3) is 0.222. The van der Waals surface area contributed by atoms with Crippen LogP contribution in [0.15, 0.2) is 42.5 Å². The second-order valence-electron chi connectivity index (χ2n) is 5.47. The number of benzene rings is 2. The molecule has 132 valence electrons. The molecule has 2 aromatic rings. The average Bonchev–Trinajstić information content (AvgIpc) is 2.56. The van der Waals surface area contributed by atoms with E-state index in [0.717, 1.165) is 17.7 Å². The highest BCUT2D eigenvalue weighted by Gasteiger charge is 2.16. The number of halogens is 2. The third-order valence-corrected chi connectivity index (χ3v) is 3.30. The molecule has 0 aromatic heterocycles. The lowest BCUT2D eigenvalue weighted by Crippen LogP contribution is -2.40. The summed E-state index contributed by atoms with van der Waals surface area (Å²) in [5.41, 5.74) is 1.10. The van der Waals surface area contributed by atoms with Gasteiger partial charge in [-0.3, -0.25) is 9.59 Å². The summed E-state index contributed by atoms with van der Waals surface area (Å²) in [6, 6.07) is 10.2. The van der Waals surface area contributed by atoms with Crippen LogP contribution >= 0.6 is 0 Å². The minimum atomic E-state index is -1.07. The van der Waals surface area contributed by atoms with Gasteiger partial charge in [-0.1, -0.05) is 12.1 Å². The van der Waals surface area contributed by atoms with Gasteiger partial charge >= 0.3 is 0 Å². The highest BCUT2D eigenvalue weighted by atomic mass is 19.2. The Morgan fingerprint density at radius 3 is 2.56 bits per heavy atom. The van der Waals surface area contributed by atoms with Crippen molar-refractivity contribution in [3.8, 4) is 5.75 Å². The molecule has 1 atom stereocenters. The second kappa shape index (κ2) is 8.23. The van der Waals surface area contributed by atoms with E-state index < -0.39 is 29.6 Å². The lowest BCUT2D eigenvalue weighted by molar-refractivity contribution is -0.129. The third kappa shape index (κ3) is 5.56. The lowest BCUT2D eigenvalue weighted by atomic mass is 10.2. The fourth-order valence-electron chi connectivity index (χ4n) is 2.04. The van der Waals surface area contributed by atoms with Crippen molar-refractivity contribution in [2.75, 3.05) is 11.9 Å².